The second-order valence-corrected chi connectivity index (χ2v) is 10.4. The first-order valence-corrected chi connectivity index (χ1v) is 12.4. The molecule has 0 radical (unpaired) electrons. The van der Waals surface area contributed by atoms with Gasteiger partial charge in [-0.05, 0) is 25.3 Å². The Morgan fingerprint density at radius 1 is 1.13 bits per heavy atom. The number of hydrogen-bond acceptors (Lipinski definition) is 7. The van der Waals surface area contributed by atoms with Crippen molar-refractivity contribution in [2.24, 2.45) is 0 Å². The lowest BCUT2D eigenvalue weighted by Gasteiger charge is -2.40. The van der Waals surface area contributed by atoms with Crippen LogP contribution in [0.15, 0.2) is 15.7 Å². The molecular weight excluding hydrogens is 430 g/mol. The fourth-order valence-electron chi connectivity index (χ4n) is 3.85. The van der Waals surface area contributed by atoms with Crippen LogP contribution in [-0.2, 0) is 24.3 Å². The van der Waals surface area contributed by atoms with Crippen LogP contribution in [0.25, 0.3) is 0 Å². The number of methoxy groups -OCH3 is 1. The summed E-state index contributed by atoms with van der Waals surface area (Å²) >= 11 is 0.974. The zero-order chi connectivity index (χ0) is 21.9. The number of piperidine rings is 1. The van der Waals surface area contributed by atoms with Gasteiger partial charge in [-0.3, -0.25) is 9.59 Å². The van der Waals surface area contributed by atoms with Crippen molar-refractivity contribution in [1.29, 1.82) is 0 Å². The summed E-state index contributed by atoms with van der Waals surface area (Å²) in [6.07, 6.45) is 2.81. The van der Waals surface area contributed by atoms with Gasteiger partial charge in [-0.25, -0.2) is 13.2 Å². The Balaban J connectivity index is 1.65. The molecule has 30 heavy (non-hydrogen) atoms. The highest BCUT2D eigenvalue weighted by molar-refractivity contribution is 7.91. The second kappa shape index (κ2) is 9.44. The number of carbonyl (C=O) groups is 3. The van der Waals surface area contributed by atoms with Crippen LogP contribution >= 0.6 is 11.3 Å². The molecule has 0 aliphatic carbocycles. The number of ether oxygens (including phenoxy) is 1. The smallest absolute Gasteiger partial charge is 0.338 e. The molecule has 1 aromatic rings. The lowest BCUT2D eigenvalue weighted by molar-refractivity contribution is -0.148. The largest absolute Gasteiger partial charge is 0.465 e. The van der Waals surface area contributed by atoms with Gasteiger partial charge < -0.3 is 14.5 Å². The average molecular weight is 458 g/mol. The minimum Gasteiger partial charge on any atom is -0.465 e. The van der Waals surface area contributed by atoms with Crippen molar-refractivity contribution in [2.75, 3.05) is 39.8 Å². The number of amides is 2. The Morgan fingerprint density at radius 3 is 2.47 bits per heavy atom. The topological polar surface area (TPSA) is 104 Å². The SMILES string of the molecule is CCC(=O)N1CCCCC1C(=O)N1CCN(S(=O)(=O)c2cc(C(=O)OC)cs2)CC1. The van der Waals surface area contributed by atoms with Crippen molar-refractivity contribution >= 4 is 39.1 Å². The van der Waals surface area contributed by atoms with E-state index in [1.54, 1.807) is 16.7 Å². The highest BCUT2D eigenvalue weighted by Crippen LogP contribution is 2.26. The molecule has 2 aliphatic rings. The molecule has 2 saturated heterocycles. The first-order valence-electron chi connectivity index (χ1n) is 10.0. The van der Waals surface area contributed by atoms with Gasteiger partial charge in [0.15, 0.2) is 0 Å². The van der Waals surface area contributed by atoms with E-state index in [1.807, 2.05) is 0 Å². The van der Waals surface area contributed by atoms with Crippen LogP contribution in [0.3, 0.4) is 0 Å². The number of likely N-dealkylation sites (tertiary alicyclic amines) is 1. The van der Waals surface area contributed by atoms with E-state index < -0.39 is 22.0 Å². The highest BCUT2D eigenvalue weighted by Gasteiger charge is 2.37. The lowest BCUT2D eigenvalue weighted by atomic mass is 10.00. The monoisotopic (exact) mass is 457 g/mol. The lowest BCUT2D eigenvalue weighted by Crippen LogP contribution is -2.57. The average Bonchev–Trinajstić information content (AvgIpc) is 3.29. The molecule has 0 aromatic carbocycles. The molecule has 0 bridgehead atoms. The molecule has 1 aromatic heterocycles. The van der Waals surface area contributed by atoms with Gasteiger partial charge in [0, 0.05) is 44.5 Å². The van der Waals surface area contributed by atoms with Gasteiger partial charge in [0.25, 0.3) is 10.0 Å². The van der Waals surface area contributed by atoms with Crippen molar-refractivity contribution in [1.82, 2.24) is 14.1 Å². The molecule has 2 fully saturated rings. The van der Waals surface area contributed by atoms with E-state index >= 15 is 0 Å². The van der Waals surface area contributed by atoms with E-state index in [-0.39, 0.29) is 47.8 Å². The van der Waals surface area contributed by atoms with Gasteiger partial charge in [0.05, 0.1) is 12.7 Å². The molecule has 3 rings (SSSR count). The quantitative estimate of drug-likeness (QED) is 0.615. The van der Waals surface area contributed by atoms with Crippen molar-refractivity contribution in [3.8, 4) is 0 Å². The molecule has 0 spiro atoms. The fraction of sp³-hybridized carbons (Fsp3) is 0.632. The minimum atomic E-state index is -3.74. The number of sulfonamides is 1. The third kappa shape index (κ3) is 4.52. The maximum absolute atomic E-state index is 13.0. The van der Waals surface area contributed by atoms with Crippen LogP contribution in [0.5, 0.6) is 0 Å². The van der Waals surface area contributed by atoms with Gasteiger partial charge in [-0.2, -0.15) is 4.31 Å². The maximum atomic E-state index is 13.0. The Labute approximate surface area is 180 Å². The van der Waals surface area contributed by atoms with Gasteiger partial charge in [0.1, 0.15) is 10.3 Å². The normalized spacial score (nSPS) is 20.8. The summed E-state index contributed by atoms with van der Waals surface area (Å²) in [6, 6.07) is 0.869. The first kappa shape index (κ1) is 22.7. The molecule has 1 atom stereocenters. The van der Waals surface area contributed by atoms with E-state index in [9.17, 15) is 22.8 Å². The van der Waals surface area contributed by atoms with Crippen LogP contribution in [0.2, 0.25) is 0 Å². The molecular formula is C19H27N3O6S2. The summed E-state index contributed by atoms with van der Waals surface area (Å²) in [7, 11) is -2.50. The zero-order valence-electron chi connectivity index (χ0n) is 17.2. The number of piperazine rings is 1. The Morgan fingerprint density at radius 2 is 1.83 bits per heavy atom. The molecule has 1 unspecified atom stereocenters. The predicted molar refractivity (Wildman–Crippen MR) is 111 cm³/mol. The summed E-state index contributed by atoms with van der Waals surface area (Å²) < 4.78 is 31.8. The number of thiophene rings is 1. The van der Waals surface area contributed by atoms with Crippen LogP contribution in [0.4, 0.5) is 0 Å². The van der Waals surface area contributed by atoms with Crippen LogP contribution in [0.1, 0.15) is 43.0 Å². The molecule has 2 amide bonds. The fourth-order valence-corrected chi connectivity index (χ4v) is 6.58. The second-order valence-electron chi connectivity index (χ2n) is 7.33. The molecule has 166 valence electrons. The molecule has 3 heterocycles. The molecule has 2 aliphatic heterocycles. The zero-order valence-corrected chi connectivity index (χ0v) is 18.8. The van der Waals surface area contributed by atoms with Crippen molar-refractivity contribution in [2.45, 2.75) is 42.9 Å². The van der Waals surface area contributed by atoms with Gasteiger partial charge in [0.2, 0.25) is 11.8 Å². The first-order chi connectivity index (χ1) is 14.3. The van der Waals surface area contributed by atoms with Crippen LogP contribution < -0.4 is 0 Å². The number of esters is 1. The van der Waals surface area contributed by atoms with Gasteiger partial charge in [-0.15, -0.1) is 11.3 Å². The molecule has 0 N–H and O–H groups in total. The summed E-state index contributed by atoms with van der Waals surface area (Å²) in [6.45, 7) is 3.29. The molecule has 11 heteroatoms. The van der Waals surface area contributed by atoms with Crippen molar-refractivity contribution in [3.05, 3.63) is 17.0 Å². The Hall–Kier alpha value is -1.98. The van der Waals surface area contributed by atoms with E-state index in [0.717, 1.165) is 24.2 Å². The predicted octanol–water partition coefficient (Wildman–Crippen LogP) is 1.16. The highest BCUT2D eigenvalue weighted by atomic mass is 32.2. The number of hydrogen-bond donors (Lipinski definition) is 0. The van der Waals surface area contributed by atoms with Crippen LogP contribution in [0, 0.1) is 0 Å². The van der Waals surface area contributed by atoms with Crippen molar-refractivity contribution < 1.29 is 27.5 Å². The molecule has 9 nitrogen and oxygen atoms in total. The van der Waals surface area contributed by atoms with Crippen molar-refractivity contribution in [3.63, 3.8) is 0 Å². The summed E-state index contributed by atoms with van der Waals surface area (Å²) in [4.78, 5) is 40.2. The van der Waals surface area contributed by atoms with E-state index in [0.29, 0.717) is 19.4 Å². The summed E-state index contributed by atoms with van der Waals surface area (Å²) in [5.74, 6) is -0.701. The van der Waals surface area contributed by atoms with Gasteiger partial charge in [-0.1, -0.05) is 6.92 Å². The van der Waals surface area contributed by atoms with Crippen LogP contribution in [-0.4, -0.2) is 86.2 Å². The van der Waals surface area contributed by atoms with Gasteiger partial charge >= 0.3 is 5.97 Å². The Bertz CT molecular complexity index is 905. The number of nitrogens with zero attached hydrogens (tertiary/aromatic N) is 3. The van der Waals surface area contributed by atoms with E-state index in [2.05, 4.69) is 4.74 Å². The minimum absolute atomic E-state index is 0.0200. The number of carbonyl (C=O) groups excluding carboxylic acids is 3. The Kier molecular flexibility index (Phi) is 7.14. The molecule has 0 saturated carbocycles. The number of rotatable bonds is 5. The standard InChI is InChI=1S/C19H27N3O6S2/c1-3-16(23)22-7-5-4-6-15(22)18(24)20-8-10-21(11-9-20)30(26,27)17-12-14(13-29-17)19(25)28-2/h12-13,15H,3-11H2,1-2H3. The van der Waals surface area contributed by atoms with E-state index in [1.165, 1.54) is 22.9 Å². The third-order valence-corrected chi connectivity index (χ3v) is 8.87. The van der Waals surface area contributed by atoms with E-state index in [4.69, 9.17) is 0 Å². The maximum Gasteiger partial charge on any atom is 0.338 e. The summed E-state index contributed by atoms with van der Waals surface area (Å²) in [5, 5.41) is 1.46. The third-order valence-electron chi connectivity index (χ3n) is 5.55. The summed E-state index contributed by atoms with van der Waals surface area (Å²) in [5.41, 5.74) is 0.202.